The Morgan fingerprint density at radius 2 is 2.14 bits per heavy atom. The van der Waals surface area contributed by atoms with Crippen LogP contribution in [0.3, 0.4) is 0 Å². The zero-order valence-electron chi connectivity index (χ0n) is 8.02. The molecule has 1 aromatic rings. The number of hydrogen-bond acceptors (Lipinski definition) is 1. The van der Waals surface area contributed by atoms with E-state index in [-0.39, 0.29) is 5.78 Å². The zero-order chi connectivity index (χ0) is 10.6. The predicted octanol–water partition coefficient (Wildman–Crippen LogP) is 3.85. The van der Waals surface area contributed by atoms with Crippen molar-refractivity contribution >= 4 is 29.0 Å². The third-order valence-electron chi connectivity index (χ3n) is 2.03. The minimum Gasteiger partial charge on any atom is -0.294 e. The highest BCUT2D eigenvalue weighted by Gasteiger charge is 2.06. The Labute approximate surface area is 94.0 Å². The number of Topliss-reactive ketones (excluding diaryl/α,β-unsaturated/α-hetero) is 1. The van der Waals surface area contributed by atoms with Crippen molar-refractivity contribution in [1.29, 1.82) is 0 Å². The van der Waals surface area contributed by atoms with Crippen LogP contribution in [-0.2, 0) is 0 Å². The van der Waals surface area contributed by atoms with Crippen LogP contribution in [0.2, 0.25) is 5.02 Å². The fourth-order valence-electron chi connectivity index (χ4n) is 1.14. The van der Waals surface area contributed by atoms with Crippen LogP contribution in [0.1, 0.15) is 28.8 Å². The van der Waals surface area contributed by atoms with Crippen LogP contribution in [-0.4, -0.2) is 11.7 Å². The van der Waals surface area contributed by atoms with E-state index >= 15 is 0 Å². The van der Waals surface area contributed by atoms with Crippen molar-refractivity contribution in [2.24, 2.45) is 0 Å². The fourth-order valence-corrected chi connectivity index (χ4v) is 1.45. The lowest BCUT2D eigenvalue weighted by Gasteiger charge is -2.02. The quantitative estimate of drug-likeness (QED) is 0.568. The fraction of sp³-hybridized carbons (Fsp3) is 0.364. The molecule has 1 rings (SSSR count). The van der Waals surface area contributed by atoms with E-state index in [2.05, 4.69) is 0 Å². The first-order valence-electron chi connectivity index (χ1n) is 4.50. The number of aryl methyl sites for hydroxylation is 1. The lowest BCUT2D eigenvalue weighted by atomic mass is 10.1. The van der Waals surface area contributed by atoms with Crippen LogP contribution in [0.15, 0.2) is 18.2 Å². The van der Waals surface area contributed by atoms with Crippen molar-refractivity contribution in [3.8, 4) is 0 Å². The zero-order valence-corrected chi connectivity index (χ0v) is 9.53. The molecule has 76 valence electrons. The highest BCUT2D eigenvalue weighted by Crippen LogP contribution is 2.18. The summed E-state index contributed by atoms with van der Waals surface area (Å²) < 4.78 is 0. The molecule has 0 aliphatic heterocycles. The van der Waals surface area contributed by atoms with Crippen LogP contribution in [0.5, 0.6) is 0 Å². The summed E-state index contributed by atoms with van der Waals surface area (Å²) in [5, 5.41) is 0.640. The Balaban J connectivity index is 2.76. The first-order chi connectivity index (χ1) is 6.65. The summed E-state index contributed by atoms with van der Waals surface area (Å²) in [5.74, 6) is 0.623. The molecule has 0 saturated heterocycles. The monoisotopic (exact) mass is 230 g/mol. The minimum atomic E-state index is 0.104. The third-order valence-corrected chi connectivity index (χ3v) is 2.71. The van der Waals surface area contributed by atoms with Gasteiger partial charge >= 0.3 is 0 Å². The Morgan fingerprint density at radius 1 is 1.43 bits per heavy atom. The molecule has 0 spiro atoms. The number of carbonyl (C=O) groups is 1. The molecule has 0 atom stereocenters. The van der Waals surface area contributed by atoms with Crippen molar-refractivity contribution < 1.29 is 4.79 Å². The summed E-state index contributed by atoms with van der Waals surface area (Å²) in [5.41, 5.74) is 1.66. The van der Waals surface area contributed by atoms with E-state index in [1.165, 1.54) is 0 Å². The highest BCUT2D eigenvalue weighted by molar-refractivity contribution is 6.31. The summed E-state index contributed by atoms with van der Waals surface area (Å²) in [4.78, 5) is 11.5. The van der Waals surface area contributed by atoms with Gasteiger partial charge in [0, 0.05) is 22.9 Å². The first kappa shape index (κ1) is 11.5. The van der Waals surface area contributed by atoms with Crippen molar-refractivity contribution in [1.82, 2.24) is 0 Å². The molecule has 0 heterocycles. The van der Waals surface area contributed by atoms with Crippen LogP contribution in [0.25, 0.3) is 0 Å². The smallest absolute Gasteiger partial charge is 0.162 e. The van der Waals surface area contributed by atoms with Gasteiger partial charge in [0.1, 0.15) is 0 Å². The molecule has 0 unspecified atom stereocenters. The van der Waals surface area contributed by atoms with Crippen molar-refractivity contribution in [2.45, 2.75) is 19.8 Å². The molecule has 0 radical (unpaired) electrons. The van der Waals surface area contributed by atoms with Gasteiger partial charge in [0.2, 0.25) is 0 Å². The lowest BCUT2D eigenvalue weighted by Crippen LogP contribution is -1.99. The highest BCUT2D eigenvalue weighted by atomic mass is 35.5. The van der Waals surface area contributed by atoms with Crippen molar-refractivity contribution in [3.05, 3.63) is 34.3 Å². The number of carbonyl (C=O) groups excluding carboxylic acids is 1. The first-order valence-corrected chi connectivity index (χ1v) is 5.41. The Kier molecular flexibility index (Phi) is 4.43. The van der Waals surface area contributed by atoms with Crippen LogP contribution < -0.4 is 0 Å². The molecule has 1 nitrogen and oxygen atoms in total. The number of alkyl halides is 1. The Bertz CT molecular complexity index is 334. The number of ketones is 1. The molecule has 0 bridgehead atoms. The van der Waals surface area contributed by atoms with Gasteiger partial charge in [-0.3, -0.25) is 4.79 Å². The number of halogens is 2. The molecular formula is C11H12Cl2O. The molecule has 0 amide bonds. The van der Waals surface area contributed by atoms with Gasteiger partial charge in [0.15, 0.2) is 5.78 Å². The average Bonchev–Trinajstić information content (AvgIpc) is 2.18. The normalized spacial score (nSPS) is 10.2. The van der Waals surface area contributed by atoms with Crippen molar-refractivity contribution in [3.63, 3.8) is 0 Å². The maximum Gasteiger partial charge on any atom is 0.162 e. The topological polar surface area (TPSA) is 17.1 Å². The molecule has 3 heteroatoms. The van der Waals surface area contributed by atoms with Gasteiger partial charge in [0.25, 0.3) is 0 Å². The van der Waals surface area contributed by atoms with E-state index < -0.39 is 0 Å². The van der Waals surface area contributed by atoms with E-state index in [1.807, 2.05) is 13.0 Å². The molecule has 0 aromatic heterocycles. The van der Waals surface area contributed by atoms with Crippen LogP contribution in [0.4, 0.5) is 0 Å². The van der Waals surface area contributed by atoms with E-state index in [0.29, 0.717) is 29.3 Å². The molecule has 1 aromatic carbocycles. The molecule has 0 saturated carbocycles. The summed E-state index contributed by atoms with van der Waals surface area (Å²) in [6, 6.07) is 5.38. The summed E-state index contributed by atoms with van der Waals surface area (Å²) in [6.07, 6.45) is 1.20. The summed E-state index contributed by atoms with van der Waals surface area (Å²) >= 11 is 11.4. The van der Waals surface area contributed by atoms with Crippen LogP contribution in [0, 0.1) is 6.92 Å². The van der Waals surface area contributed by atoms with Gasteiger partial charge in [-0.1, -0.05) is 23.7 Å². The van der Waals surface area contributed by atoms with Gasteiger partial charge in [0.05, 0.1) is 0 Å². The standard InChI is InChI=1S/C11H12Cl2O/c1-8-4-5-9(7-10(8)13)11(14)3-2-6-12/h4-5,7H,2-3,6H2,1H3. The second-order valence-electron chi connectivity index (χ2n) is 3.18. The SMILES string of the molecule is Cc1ccc(C(=O)CCCCl)cc1Cl. The van der Waals surface area contributed by atoms with Gasteiger partial charge in [-0.25, -0.2) is 0 Å². The van der Waals surface area contributed by atoms with Crippen molar-refractivity contribution in [2.75, 3.05) is 5.88 Å². The molecule has 0 aliphatic rings. The third kappa shape index (κ3) is 3.00. The van der Waals surface area contributed by atoms with Gasteiger partial charge in [-0.15, -0.1) is 11.6 Å². The van der Waals surface area contributed by atoms with Crippen LogP contribution >= 0.6 is 23.2 Å². The van der Waals surface area contributed by atoms with Gasteiger partial charge < -0.3 is 0 Å². The summed E-state index contributed by atoms with van der Waals surface area (Å²) in [7, 11) is 0. The second-order valence-corrected chi connectivity index (χ2v) is 3.96. The van der Waals surface area contributed by atoms with E-state index in [0.717, 1.165) is 5.56 Å². The minimum absolute atomic E-state index is 0.104. The van der Waals surface area contributed by atoms with Gasteiger partial charge in [-0.05, 0) is 25.0 Å². The molecular weight excluding hydrogens is 219 g/mol. The lowest BCUT2D eigenvalue weighted by molar-refractivity contribution is 0.0982. The second kappa shape index (κ2) is 5.38. The largest absolute Gasteiger partial charge is 0.294 e. The maximum atomic E-state index is 11.5. The Hall–Kier alpha value is -0.530. The molecule has 0 fully saturated rings. The Morgan fingerprint density at radius 3 is 2.71 bits per heavy atom. The van der Waals surface area contributed by atoms with E-state index in [9.17, 15) is 4.79 Å². The molecule has 0 aliphatic carbocycles. The average molecular weight is 231 g/mol. The molecule has 0 N–H and O–H groups in total. The number of rotatable bonds is 4. The maximum absolute atomic E-state index is 11.5. The van der Waals surface area contributed by atoms with E-state index in [4.69, 9.17) is 23.2 Å². The number of benzene rings is 1. The van der Waals surface area contributed by atoms with Gasteiger partial charge in [-0.2, -0.15) is 0 Å². The predicted molar refractivity (Wildman–Crippen MR) is 60.5 cm³/mol. The van der Waals surface area contributed by atoms with E-state index in [1.54, 1.807) is 12.1 Å². The summed E-state index contributed by atoms with van der Waals surface area (Å²) in [6.45, 7) is 1.91. The molecule has 14 heavy (non-hydrogen) atoms. The number of hydrogen-bond donors (Lipinski definition) is 0.